The Kier molecular flexibility index (Phi) is 8.93. The van der Waals surface area contributed by atoms with Crippen molar-refractivity contribution in [2.24, 2.45) is 0 Å². The number of carbonyl (C=O) groups excluding carboxylic acids is 1. The number of hydrogen-bond acceptors (Lipinski definition) is 5. The first-order valence-electron chi connectivity index (χ1n) is 6.01. The van der Waals surface area contributed by atoms with Crippen molar-refractivity contribution in [2.45, 2.75) is 31.3 Å². The molecule has 0 rings (SSSR count). The van der Waals surface area contributed by atoms with E-state index in [9.17, 15) is 19.2 Å². The molecular formula is C11H18N2O7S. The highest BCUT2D eigenvalue weighted by molar-refractivity contribution is 7.98. The molecule has 21 heavy (non-hydrogen) atoms. The zero-order valence-electron chi connectivity index (χ0n) is 11.4. The Hall–Kier alpha value is -1.97. The molecule has 10 heteroatoms. The van der Waals surface area contributed by atoms with E-state index in [0.717, 1.165) is 0 Å². The van der Waals surface area contributed by atoms with Gasteiger partial charge in [0.2, 0.25) is 0 Å². The van der Waals surface area contributed by atoms with Crippen LogP contribution in [0.25, 0.3) is 0 Å². The molecule has 2 atom stereocenters. The molecule has 0 fully saturated rings. The Balaban J connectivity index is 4.49. The van der Waals surface area contributed by atoms with Gasteiger partial charge in [-0.05, 0) is 24.9 Å². The molecule has 0 saturated heterocycles. The van der Waals surface area contributed by atoms with E-state index in [4.69, 9.17) is 15.3 Å². The summed E-state index contributed by atoms with van der Waals surface area (Å²) in [6.07, 6.45) is 1.26. The van der Waals surface area contributed by atoms with E-state index in [1.54, 1.807) is 6.26 Å². The van der Waals surface area contributed by atoms with Crippen LogP contribution in [0.1, 0.15) is 19.3 Å². The fourth-order valence-corrected chi connectivity index (χ4v) is 1.85. The largest absolute Gasteiger partial charge is 0.481 e. The maximum atomic E-state index is 11.6. The average Bonchev–Trinajstić information content (AvgIpc) is 2.38. The van der Waals surface area contributed by atoms with Crippen LogP contribution >= 0.6 is 11.8 Å². The third-order valence-electron chi connectivity index (χ3n) is 2.46. The Morgan fingerprint density at radius 3 is 1.81 bits per heavy atom. The van der Waals surface area contributed by atoms with Crippen LogP contribution in [0.15, 0.2) is 0 Å². The molecule has 0 aromatic heterocycles. The van der Waals surface area contributed by atoms with Gasteiger partial charge >= 0.3 is 23.9 Å². The smallest absolute Gasteiger partial charge is 0.326 e. The lowest BCUT2D eigenvalue weighted by Gasteiger charge is -2.18. The van der Waals surface area contributed by atoms with Crippen molar-refractivity contribution in [3.8, 4) is 0 Å². The van der Waals surface area contributed by atoms with Gasteiger partial charge in [-0.15, -0.1) is 0 Å². The maximum absolute atomic E-state index is 11.6. The van der Waals surface area contributed by atoms with Crippen molar-refractivity contribution >= 4 is 35.7 Å². The quantitative estimate of drug-likeness (QED) is 0.371. The van der Waals surface area contributed by atoms with Crippen molar-refractivity contribution < 1.29 is 34.5 Å². The number of rotatable bonds is 10. The minimum absolute atomic E-state index is 0.191. The highest BCUT2D eigenvalue weighted by Gasteiger charge is 2.24. The summed E-state index contributed by atoms with van der Waals surface area (Å²) in [7, 11) is 0. The van der Waals surface area contributed by atoms with Crippen LogP contribution in [-0.4, -0.2) is 63.4 Å². The molecule has 120 valence electrons. The van der Waals surface area contributed by atoms with Crippen LogP contribution < -0.4 is 10.6 Å². The standard InChI is InChI=1S/C11H18N2O7S/c1-21-5-4-7(10(18)19)13-11(20)12-6(9(16)17)2-3-8(14)15/h6-7H,2-5H2,1H3,(H,14,15)(H,16,17)(H,18,19)(H2,12,13,20)/t6-,7-/m0/s1. The van der Waals surface area contributed by atoms with Crippen LogP contribution in [0, 0.1) is 0 Å². The van der Waals surface area contributed by atoms with Crippen molar-refractivity contribution in [1.29, 1.82) is 0 Å². The van der Waals surface area contributed by atoms with Gasteiger partial charge in [-0.2, -0.15) is 11.8 Å². The average molecular weight is 322 g/mol. The summed E-state index contributed by atoms with van der Waals surface area (Å²) in [6, 6.07) is -3.48. The SMILES string of the molecule is CSCC[C@H](NC(=O)N[C@@H](CCC(=O)O)C(=O)O)C(=O)O. The second kappa shape index (κ2) is 9.86. The summed E-state index contributed by atoms with van der Waals surface area (Å²) in [5.74, 6) is -3.29. The molecule has 5 N–H and O–H groups in total. The molecule has 0 aliphatic heterocycles. The first-order valence-corrected chi connectivity index (χ1v) is 7.40. The molecule has 2 amide bonds. The molecule has 0 aromatic carbocycles. The van der Waals surface area contributed by atoms with E-state index in [1.165, 1.54) is 11.8 Å². The van der Waals surface area contributed by atoms with Crippen molar-refractivity contribution in [1.82, 2.24) is 10.6 Å². The minimum atomic E-state index is -1.39. The van der Waals surface area contributed by atoms with E-state index in [-0.39, 0.29) is 12.8 Å². The van der Waals surface area contributed by atoms with E-state index in [1.807, 2.05) is 0 Å². The maximum Gasteiger partial charge on any atom is 0.326 e. The third-order valence-corrected chi connectivity index (χ3v) is 3.11. The molecule has 0 aliphatic carbocycles. The van der Waals surface area contributed by atoms with E-state index >= 15 is 0 Å². The minimum Gasteiger partial charge on any atom is -0.481 e. The summed E-state index contributed by atoms with van der Waals surface area (Å²) >= 11 is 1.41. The van der Waals surface area contributed by atoms with Crippen LogP contribution in [0.4, 0.5) is 4.79 Å². The van der Waals surface area contributed by atoms with Crippen molar-refractivity contribution in [2.75, 3.05) is 12.0 Å². The van der Waals surface area contributed by atoms with E-state index in [0.29, 0.717) is 5.75 Å². The molecule has 0 spiro atoms. The first-order chi connectivity index (χ1) is 9.77. The summed E-state index contributed by atoms with van der Waals surface area (Å²) in [5, 5.41) is 30.5. The van der Waals surface area contributed by atoms with Crippen LogP contribution in [0.5, 0.6) is 0 Å². The predicted octanol–water partition coefficient (Wildman–Crippen LogP) is -0.190. The number of urea groups is 1. The van der Waals surface area contributed by atoms with Gasteiger partial charge in [0.1, 0.15) is 12.1 Å². The van der Waals surface area contributed by atoms with Crippen molar-refractivity contribution in [3.05, 3.63) is 0 Å². The van der Waals surface area contributed by atoms with Gasteiger partial charge in [-0.25, -0.2) is 14.4 Å². The summed E-state index contributed by atoms with van der Waals surface area (Å²) < 4.78 is 0. The molecule has 0 aromatic rings. The molecular weight excluding hydrogens is 304 g/mol. The van der Waals surface area contributed by atoms with Gasteiger partial charge < -0.3 is 26.0 Å². The normalized spacial score (nSPS) is 13.0. The first kappa shape index (κ1) is 19.0. The number of aliphatic carboxylic acids is 3. The lowest BCUT2D eigenvalue weighted by Crippen LogP contribution is -2.51. The van der Waals surface area contributed by atoms with Crippen LogP contribution in [-0.2, 0) is 14.4 Å². The Morgan fingerprint density at radius 1 is 0.952 bits per heavy atom. The second-order valence-corrected chi connectivity index (χ2v) is 5.10. The van der Waals surface area contributed by atoms with Crippen LogP contribution in [0.3, 0.4) is 0 Å². The zero-order chi connectivity index (χ0) is 16.4. The number of hydrogen-bond donors (Lipinski definition) is 5. The monoisotopic (exact) mass is 322 g/mol. The number of carboxylic acids is 3. The topological polar surface area (TPSA) is 153 Å². The number of carboxylic acid groups (broad SMARTS) is 3. The van der Waals surface area contributed by atoms with E-state index < -0.39 is 42.4 Å². The second-order valence-electron chi connectivity index (χ2n) is 4.11. The Morgan fingerprint density at radius 2 is 1.43 bits per heavy atom. The lowest BCUT2D eigenvalue weighted by atomic mass is 10.1. The number of amides is 2. The molecule has 9 nitrogen and oxygen atoms in total. The number of nitrogens with one attached hydrogen (secondary N) is 2. The Bertz CT molecular complexity index is 402. The third kappa shape index (κ3) is 8.74. The summed E-state index contributed by atoms with van der Waals surface area (Å²) in [6.45, 7) is 0. The highest BCUT2D eigenvalue weighted by atomic mass is 32.2. The van der Waals surface area contributed by atoms with Crippen molar-refractivity contribution in [3.63, 3.8) is 0 Å². The molecule has 0 radical (unpaired) electrons. The number of carbonyl (C=O) groups is 4. The summed E-state index contributed by atoms with van der Waals surface area (Å²) in [4.78, 5) is 43.8. The zero-order valence-corrected chi connectivity index (χ0v) is 12.2. The van der Waals surface area contributed by atoms with Gasteiger partial charge in [-0.1, -0.05) is 0 Å². The van der Waals surface area contributed by atoms with Gasteiger partial charge in [-0.3, -0.25) is 4.79 Å². The van der Waals surface area contributed by atoms with E-state index in [2.05, 4.69) is 10.6 Å². The van der Waals surface area contributed by atoms with Gasteiger partial charge in [0.15, 0.2) is 0 Å². The fraction of sp³-hybridized carbons (Fsp3) is 0.636. The fourth-order valence-electron chi connectivity index (χ4n) is 1.38. The Labute approximate surface area is 125 Å². The predicted molar refractivity (Wildman–Crippen MR) is 74.4 cm³/mol. The highest BCUT2D eigenvalue weighted by Crippen LogP contribution is 2.02. The molecule has 0 heterocycles. The van der Waals surface area contributed by atoms with Gasteiger partial charge in [0.05, 0.1) is 0 Å². The van der Waals surface area contributed by atoms with Gasteiger partial charge in [0.25, 0.3) is 0 Å². The molecule has 0 unspecified atom stereocenters. The summed E-state index contributed by atoms with van der Waals surface area (Å²) in [5.41, 5.74) is 0. The lowest BCUT2D eigenvalue weighted by molar-refractivity contribution is -0.140. The number of thioether (sulfide) groups is 1. The van der Waals surface area contributed by atoms with Gasteiger partial charge in [0, 0.05) is 6.42 Å². The molecule has 0 bridgehead atoms. The van der Waals surface area contributed by atoms with Crippen LogP contribution in [0.2, 0.25) is 0 Å². The molecule has 0 saturated carbocycles. The molecule has 0 aliphatic rings.